The van der Waals surface area contributed by atoms with E-state index in [1.165, 1.54) is 44.2 Å². The Morgan fingerprint density at radius 3 is 2.21 bits per heavy atom. The molecule has 6 heteroatoms. The second-order valence-electron chi connectivity index (χ2n) is 11.1. The molecule has 0 saturated carbocycles. The monoisotopic (exact) mass is 580 g/mol. The van der Waals surface area contributed by atoms with Crippen molar-refractivity contribution < 1.29 is 14.3 Å². The molecule has 2 aliphatic heterocycles. The fourth-order valence-electron chi connectivity index (χ4n) is 6.14. The van der Waals surface area contributed by atoms with Gasteiger partial charge in [0.1, 0.15) is 11.5 Å². The van der Waals surface area contributed by atoms with Crippen molar-refractivity contribution in [2.75, 3.05) is 23.3 Å². The topological polar surface area (TPSA) is 50.8 Å². The molecule has 2 heterocycles. The number of hydrogen-bond acceptors (Lipinski definition) is 5. The number of carbonyl (C=O) groups excluding carboxylic acids is 1. The van der Waals surface area contributed by atoms with Crippen LogP contribution < -0.4 is 15.0 Å². The van der Waals surface area contributed by atoms with Gasteiger partial charge >= 0.3 is 5.97 Å². The molecule has 4 aromatic rings. The van der Waals surface area contributed by atoms with E-state index >= 15 is 0 Å². The molecule has 0 amide bonds. The van der Waals surface area contributed by atoms with Crippen molar-refractivity contribution in [3.05, 3.63) is 112 Å². The predicted molar refractivity (Wildman–Crippen MR) is 171 cm³/mol. The van der Waals surface area contributed by atoms with Gasteiger partial charge in [-0.15, -0.1) is 0 Å². The lowest BCUT2D eigenvalue weighted by Gasteiger charge is -2.36. The van der Waals surface area contributed by atoms with Gasteiger partial charge in [-0.1, -0.05) is 87.5 Å². The van der Waals surface area contributed by atoms with Crippen molar-refractivity contribution in [1.82, 2.24) is 0 Å². The van der Waals surface area contributed by atoms with E-state index in [1.54, 1.807) is 0 Å². The van der Waals surface area contributed by atoms with Crippen molar-refractivity contribution in [3.8, 4) is 11.5 Å². The van der Waals surface area contributed by atoms with Gasteiger partial charge in [-0.3, -0.25) is 0 Å². The Balaban J connectivity index is 1.37. The molecular weight excluding hydrogens is 544 g/mol. The highest BCUT2D eigenvalue weighted by Gasteiger charge is 2.53. The molecule has 2 aliphatic rings. The molecule has 0 aliphatic carbocycles. The number of nitrogens with one attached hydrogen (secondary N) is 1. The highest BCUT2D eigenvalue weighted by Crippen LogP contribution is 2.56. The van der Waals surface area contributed by atoms with Gasteiger partial charge in [0, 0.05) is 41.2 Å². The summed E-state index contributed by atoms with van der Waals surface area (Å²) in [5, 5.41) is 4.21. The number of benzene rings is 4. The van der Waals surface area contributed by atoms with E-state index in [0.29, 0.717) is 22.1 Å². The minimum atomic E-state index is -1.10. The van der Waals surface area contributed by atoms with Crippen LogP contribution in [0.4, 0.5) is 17.1 Å². The Kier molecular flexibility index (Phi) is 8.12. The van der Waals surface area contributed by atoms with Gasteiger partial charge < -0.3 is 19.7 Å². The van der Waals surface area contributed by atoms with Gasteiger partial charge in [-0.2, -0.15) is 0 Å². The number of unbranched alkanes of at least 4 members (excludes halogenated alkanes) is 4. The summed E-state index contributed by atoms with van der Waals surface area (Å²) in [6.45, 7) is 6.54. The van der Waals surface area contributed by atoms with Crippen LogP contribution in [-0.4, -0.2) is 19.1 Å². The van der Waals surface area contributed by atoms with Crippen LogP contribution in [-0.2, 0) is 10.3 Å². The fraction of sp³-hybridized carbons (Fsp3) is 0.306. The van der Waals surface area contributed by atoms with Crippen LogP contribution in [0.3, 0.4) is 0 Å². The molecule has 4 aromatic carbocycles. The zero-order valence-corrected chi connectivity index (χ0v) is 25.0. The maximum atomic E-state index is 13.2. The second kappa shape index (κ2) is 12.1. The van der Waals surface area contributed by atoms with Gasteiger partial charge in [0.2, 0.25) is 0 Å². The number of rotatable bonds is 11. The number of fused-ring (bicyclic) bond motifs is 6. The highest BCUT2D eigenvalue weighted by molar-refractivity contribution is 6.33. The fourth-order valence-corrected chi connectivity index (χ4v) is 6.30. The third-order valence-electron chi connectivity index (χ3n) is 8.27. The van der Waals surface area contributed by atoms with E-state index in [1.807, 2.05) is 72.8 Å². The maximum absolute atomic E-state index is 13.2. The lowest BCUT2D eigenvalue weighted by atomic mass is 9.77. The minimum Gasteiger partial charge on any atom is -0.456 e. The number of hydrogen-bond donors (Lipinski definition) is 1. The molecule has 0 radical (unpaired) electrons. The standard InChI is InChI=1S/C36H37ClN2O3/c1-3-5-11-21-39(22-12-6-4-2)26-18-19-31(37)32(24-26)38-25-17-20-34-30(23-25)36(29-15-9-10-16-33(29)41-34)28-14-8-7-13-27(28)35(40)42-36/h7-10,13-20,23-24,38H,3-6,11-12,21-22H2,1-2H3. The maximum Gasteiger partial charge on any atom is 0.340 e. The van der Waals surface area contributed by atoms with E-state index in [0.717, 1.165) is 41.2 Å². The number of esters is 1. The molecule has 5 nitrogen and oxygen atoms in total. The third kappa shape index (κ3) is 5.11. The van der Waals surface area contributed by atoms with E-state index in [-0.39, 0.29) is 5.97 Å². The van der Waals surface area contributed by atoms with Crippen LogP contribution in [0.5, 0.6) is 11.5 Å². The summed E-state index contributed by atoms with van der Waals surface area (Å²) in [6, 6.07) is 27.5. The number of ether oxygens (including phenoxy) is 2. The van der Waals surface area contributed by atoms with Crippen LogP contribution in [0.15, 0.2) is 84.9 Å². The molecule has 0 saturated heterocycles. The second-order valence-corrected chi connectivity index (χ2v) is 11.5. The minimum absolute atomic E-state index is 0.339. The first-order chi connectivity index (χ1) is 20.5. The highest BCUT2D eigenvalue weighted by atomic mass is 35.5. The Labute approximate surface area is 253 Å². The molecule has 0 fully saturated rings. The lowest BCUT2D eigenvalue weighted by molar-refractivity contribution is 0.0224. The van der Waals surface area contributed by atoms with Gasteiger partial charge in [0.15, 0.2) is 5.60 Å². The van der Waals surface area contributed by atoms with Crippen molar-refractivity contribution in [3.63, 3.8) is 0 Å². The van der Waals surface area contributed by atoms with Crippen molar-refractivity contribution >= 4 is 34.6 Å². The average Bonchev–Trinajstić information content (AvgIpc) is 3.31. The summed E-state index contributed by atoms with van der Waals surface area (Å²) in [5.74, 6) is 0.993. The SMILES string of the molecule is CCCCCN(CCCCC)c1ccc(Cl)c(Nc2ccc3c(c2)C2(OC(=O)c4ccccc42)c2ccccc2O3)c1. The summed E-state index contributed by atoms with van der Waals surface area (Å²) in [5.41, 5.74) is 4.70. The van der Waals surface area contributed by atoms with Crippen molar-refractivity contribution in [2.45, 2.75) is 58.0 Å². The number of para-hydroxylation sites is 1. The van der Waals surface area contributed by atoms with E-state index < -0.39 is 5.60 Å². The number of carbonyl (C=O) groups is 1. The van der Waals surface area contributed by atoms with Crippen LogP contribution in [0, 0.1) is 0 Å². The van der Waals surface area contributed by atoms with Crippen LogP contribution in [0.2, 0.25) is 5.02 Å². The Bertz CT molecular complexity index is 1590. The van der Waals surface area contributed by atoms with E-state index in [2.05, 4.69) is 36.2 Å². The molecule has 1 unspecified atom stereocenters. The molecule has 1 spiro atoms. The summed E-state index contributed by atoms with van der Waals surface area (Å²) >= 11 is 6.75. The molecule has 42 heavy (non-hydrogen) atoms. The average molecular weight is 581 g/mol. The molecule has 216 valence electrons. The van der Waals surface area contributed by atoms with Crippen LogP contribution >= 0.6 is 11.6 Å². The van der Waals surface area contributed by atoms with Crippen LogP contribution in [0.25, 0.3) is 0 Å². The molecule has 0 aromatic heterocycles. The smallest absolute Gasteiger partial charge is 0.340 e. The Morgan fingerprint density at radius 2 is 1.45 bits per heavy atom. The zero-order valence-electron chi connectivity index (χ0n) is 24.3. The molecule has 6 rings (SSSR count). The molecule has 1 N–H and O–H groups in total. The summed E-state index contributed by atoms with van der Waals surface area (Å²) < 4.78 is 12.6. The summed E-state index contributed by atoms with van der Waals surface area (Å²) in [6.07, 6.45) is 7.18. The quantitative estimate of drug-likeness (QED) is 0.141. The molecule has 0 bridgehead atoms. The first-order valence-electron chi connectivity index (χ1n) is 15.1. The first-order valence-corrected chi connectivity index (χ1v) is 15.5. The van der Waals surface area contributed by atoms with Crippen molar-refractivity contribution in [2.24, 2.45) is 0 Å². The molecular formula is C36H37ClN2O3. The first kappa shape index (κ1) is 28.2. The third-order valence-corrected chi connectivity index (χ3v) is 8.60. The van der Waals surface area contributed by atoms with Gasteiger partial charge in [0.05, 0.1) is 16.3 Å². The molecule has 1 atom stereocenters. The van der Waals surface area contributed by atoms with Crippen molar-refractivity contribution in [1.29, 1.82) is 0 Å². The number of nitrogens with zero attached hydrogens (tertiary/aromatic N) is 1. The van der Waals surface area contributed by atoms with Crippen LogP contribution in [0.1, 0.15) is 79.4 Å². The predicted octanol–water partition coefficient (Wildman–Crippen LogP) is 9.84. The van der Waals surface area contributed by atoms with Gasteiger partial charge in [-0.05, 0) is 61.4 Å². The summed E-state index contributed by atoms with van der Waals surface area (Å²) in [4.78, 5) is 15.6. The Hall–Kier alpha value is -3.96. The van der Waals surface area contributed by atoms with Gasteiger partial charge in [-0.25, -0.2) is 4.79 Å². The van der Waals surface area contributed by atoms with E-state index in [9.17, 15) is 4.79 Å². The Morgan fingerprint density at radius 1 is 0.762 bits per heavy atom. The normalized spacial score (nSPS) is 16.3. The number of anilines is 3. The number of halogens is 1. The van der Waals surface area contributed by atoms with Gasteiger partial charge in [0.25, 0.3) is 0 Å². The van der Waals surface area contributed by atoms with E-state index in [4.69, 9.17) is 21.1 Å². The largest absolute Gasteiger partial charge is 0.456 e. The lowest BCUT2D eigenvalue weighted by Crippen LogP contribution is -2.33. The summed E-state index contributed by atoms with van der Waals surface area (Å²) in [7, 11) is 0. The zero-order chi connectivity index (χ0) is 29.1.